The van der Waals surface area contributed by atoms with Gasteiger partial charge in [-0.05, 0) is 74.2 Å². The summed E-state index contributed by atoms with van der Waals surface area (Å²) in [6.07, 6.45) is 6.40. The number of hydrogen-bond acceptors (Lipinski definition) is 6. The van der Waals surface area contributed by atoms with E-state index in [1.54, 1.807) is 6.92 Å². The Kier molecular flexibility index (Phi) is 7.65. The molecule has 0 aromatic rings. The van der Waals surface area contributed by atoms with Crippen LogP contribution in [0.5, 0.6) is 0 Å². The number of fused-ring (bicyclic) bond motifs is 3. The van der Waals surface area contributed by atoms with E-state index in [9.17, 15) is 19.8 Å². The molecule has 3 fully saturated rings. The number of esters is 1. The van der Waals surface area contributed by atoms with Crippen LogP contribution in [0.1, 0.15) is 73.1 Å². The van der Waals surface area contributed by atoms with Gasteiger partial charge in [-0.1, -0.05) is 52.8 Å². The Morgan fingerprint density at radius 1 is 1.33 bits per heavy atom. The van der Waals surface area contributed by atoms with Crippen LogP contribution in [0, 0.1) is 40.9 Å². The molecule has 0 spiro atoms. The normalized spacial score (nSPS) is 45.0. The summed E-state index contributed by atoms with van der Waals surface area (Å²) in [4.78, 5) is 25.1. The first-order valence-electron chi connectivity index (χ1n) is 13.9. The van der Waals surface area contributed by atoms with Gasteiger partial charge < -0.3 is 25.0 Å². The average molecular weight is 504 g/mol. The fourth-order valence-corrected chi connectivity index (χ4v) is 7.85. The molecule has 1 saturated heterocycles. The molecule has 0 bridgehead atoms. The molecule has 1 amide bonds. The molecule has 0 aromatic carbocycles. The van der Waals surface area contributed by atoms with Gasteiger partial charge in [-0.3, -0.25) is 0 Å². The highest BCUT2D eigenvalue weighted by Crippen LogP contribution is 2.62. The number of hydrogen-bond donors (Lipinski definition) is 3. The fraction of sp³-hybridized carbons (Fsp3) is 0.793. The molecule has 0 radical (unpaired) electrons. The largest absolute Gasteiger partial charge is 0.460 e. The molecule has 4 rings (SSSR count). The van der Waals surface area contributed by atoms with Crippen molar-refractivity contribution in [3.63, 3.8) is 0 Å². The van der Waals surface area contributed by atoms with Crippen molar-refractivity contribution in [2.75, 3.05) is 6.54 Å². The van der Waals surface area contributed by atoms with E-state index in [4.69, 9.17) is 9.47 Å². The molecule has 202 valence electrons. The maximum absolute atomic E-state index is 12.6. The van der Waals surface area contributed by atoms with Gasteiger partial charge in [0.15, 0.2) is 6.10 Å². The van der Waals surface area contributed by atoms with E-state index >= 15 is 0 Å². The Morgan fingerprint density at radius 3 is 2.72 bits per heavy atom. The lowest BCUT2D eigenvalue weighted by Gasteiger charge is -2.54. The Bertz CT molecular complexity index is 900. The molecule has 4 unspecified atom stereocenters. The number of amides is 1. The molecule has 3 N–H and O–H groups in total. The quantitative estimate of drug-likeness (QED) is 0.292. The monoisotopic (exact) mass is 503 g/mol. The van der Waals surface area contributed by atoms with E-state index < -0.39 is 29.7 Å². The first kappa shape index (κ1) is 27.2. The van der Waals surface area contributed by atoms with E-state index in [1.807, 2.05) is 0 Å². The predicted molar refractivity (Wildman–Crippen MR) is 137 cm³/mol. The summed E-state index contributed by atoms with van der Waals surface area (Å²) in [5, 5.41) is 25.7. The third-order valence-corrected chi connectivity index (χ3v) is 10.0. The minimum atomic E-state index is -1.73. The van der Waals surface area contributed by atoms with Crippen LogP contribution in [0.4, 0.5) is 4.79 Å². The molecule has 4 aliphatic rings. The zero-order valence-corrected chi connectivity index (χ0v) is 22.5. The van der Waals surface area contributed by atoms with E-state index in [1.165, 1.54) is 0 Å². The van der Waals surface area contributed by atoms with Crippen molar-refractivity contribution in [2.24, 2.45) is 40.9 Å². The fourth-order valence-electron chi connectivity index (χ4n) is 7.85. The van der Waals surface area contributed by atoms with E-state index in [-0.39, 0.29) is 35.4 Å². The molecule has 7 heteroatoms. The lowest BCUT2D eigenvalue weighted by atomic mass is 9.54. The number of cyclic esters (lactones) is 1. The van der Waals surface area contributed by atoms with Gasteiger partial charge in [-0.15, -0.1) is 0 Å². The minimum absolute atomic E-state index is 0.0735. The summed E-state index contributed by atoms with van der Waals surface area (Å²) < 4.78 is 11.4. The highest BCUT2D eigenvalue weighted by Gasteiger charge is 2.62. The second-order valence-corrected chi connectivity index (χ2v) is 12.3. The van der Waals surface area contributed by atoms with Crippen LogP contribution in [0.3, 0.4) is 0 Å². The van der Waals surface area contributed by atoms with Crippen LogP contribution in [0.15, 0.2) is 24.3 Å². The summed E-state index contributed by atoms with van der Waals surface area (Å²) in [5.41, 5.74) is -1.39. The zero-order chi connectivity index (χ0) is 26.4. The van der Waals surface area contributed by atoms with Crippen LogP contribution < -0.4 is 5.32 Å². The lowest BCUT2D eigenvalue weighted by molar-refractivity contribution is -0.209. The highest BCUT2D eigenvalue weighted by atomic mass is 16.6. The maximum Gasteiger partial charge on any atom is 0.407 e. The van der Waals surface area contributed by atoms with Crippen LogP contribution in [0.2, 0.25) is 0 Å². The van der Waals surface area contributed by atoms with E-state index in [2.05, 4.69) is 51.7 Å². The van der Waals surface area contributed by atoms with Crippen molar-refractivity contribution >= 4 is 12.1 Å². The first-order chi connectivity index (χ1) is 16.9. The Morgan fingerprint density at radius 2 is 2.06 bits per heavy atom. The molecule has 1 heterocycles. The smallest absolute Gasteiger partial charge is 0.407 e. The molecular weight excluding hydrogens is 458 g/mol. The number of nitrogens with one attached hydrogen (secondary N) is 1. The van der Waals surface area contributed by atoms with Crippen LogP contribution >= 0.6 is 0 Å². The maximum atomic E-state index is 12.6. The van der Waals surface area contributed by atoms with Crippen LogP contribution in [-0.2, 0) is 14.3 Å². The van der Waals surface area contributed by atoms with Gasteiger partial charge in [0.25, 0.3) is 0 Å². The number of aliphatic hydroxyl groups is 2. The van der Waals surface area contributed by atoms with Gasteiger partial charge in [0, 0.05) is 17.9 Å². The summed E-state index contributed by atoms with van der Waals surface area (Å²) in [6.45, 7) is 15.5. The average Bonchev–Trinajstić information content (AvgIpc) is 3.09. The van der Waals surface area contributed by atoms with Gasteiger partial charge in [-0.25, -0.2) is 9.59 Å². The molecule has 7 nitrogen and oxygen atoms in total. The number of carbonyl (C=O) groups is 2. The van der Waals surface area contributed by atoms with Gasteiger partial charge in [0.2, 0.25) is 0 Å². The molecule has 10 atom stereocenters. The van der Waals surface area contributed by atoms with E-state index in [0.29, 0.717) is 30.4 Å². The van der Waals surface area contributed by atoms with Crippen molar-refractivity contribution < 1.29 is 29.3 Å². The number of aliphatic hydroxyl groups excluding tert-OH is 1. The Labute approximate surface area is 215 Å². The second-order valence-electron chi connectivity index (χ2n) is 12.3. The van der Waals surface area contributed by atoms with Crippen molar-refractivity contribution in [3.8, 4) is 0 Å². The standard InChI is InChI=1S/C29H45NO6/c1-7-8-12-30-27(33)36-24-14-20(16(2)3)23-13-21-17(4)29(34)22(18(5)35-26(32)25(29)31)11-9-10-19(21)15-28(23,24)6/h9-10,16,18-25,31,34H,4,7-8,11-15H2,1-3,5-6H3,(H,30,33)/b10-9-/t18-,19?,20+,21?,22?,23?,24-,25+,28+,29+/m0/s1. The summed E-state index contributed by atoms with van der Waals surface area (Å²) >= 11 is 0. The van der Waals surface area contributed by atoms with Crippen molar-refractivity contribution in [3.05, 3.63) is 24.3 Å². The summed E-state index contributed by atoms with van der Waals surface area (Å²) in [6, 6.07) is 0. The molecule has 0 aromatic heterocycles. The Hall–Kier alpha value is -1.86. The SMILES string of the molecule is C=C1C2CC3[C@@H](C(C)C)C[C@H](OC(=O)NCCCC)[C@]3(C)CC2/C=C\CC2[C@H](C)OC(=O)[C@@H](O)[C@@]12O. The molecular formula is C29H45NO6. The number of unbranched alkanes of at least 4 members (excludes halogenated alkanes) is 1. The van der Waals surface area contributed by atoms with Crippen molar-refractivity contribution in [1.82, 2.24) is 5.32 Å². The van der Waals surface area contributed by atoms with Crippen LogP contribution in [-0.4, -0.2) is 52.7 Å². The molecule has 3 aliphatic carbocycles. The third kappa shape index (κ3) is 4.40. The van der Waals surface area contributed by atoms with Crippen LogP contribution in [0.25, 0.3) is 0 Å². The predicted octanol–water partition coefficient (Wildman–Crippen LogP) is 4.38. The molecule has 36 heavy (non-hydrogen) atoms. The number of rotatable bonds is 5. The van der Waals surface area contributed by atoms with Gasteiger partial charge in [0.05, 0.1) is 0 Å². The van der Waals surface area contributed by atoms with Gasteiger partial charge >= 0.3 is 12.1 Å². The topological polar surface area (TPSA) is 105 Å². The second kappa shape index (κ2) is 10.1. The van der Waals surface area contributed by atoms with Crippen molar-refractivity contribution in [2.45, 2.75) is 97.1 Å². The van der Waals surface area contributed by atoms with E-state index in [0.717, 1.165) is 32.1 Å². The first-order valence-corrected chi connectivity index (χ1v) is 13.9. The number of carbonyl (C=O) groups excluding carboxylic acids is 2. The van der Waals surface area contributed by atoms with Gasteiger partial charge in [-0.2, -0.15) is 0 Å². The van der Waals surface area contributed by atoms with Crippen molar-refractivity contribution in [1.29, 1.82) is 0 Å². The highest BCUT2D eigenvalue weighted by molar-refractivity contribution is 5.78. The minimum Gasteiger partial charge on any atom is -0.460 e. The summed E-state index contributed by atoms with van der Waals surface area (Å²) in [5.74, 6) is -0.210. The Balaban J connectivity index is 1.64. The number of alkyl carbamates (subject to hydrolysis) is 1. The lowest BCUT2D eigenvalue weighted by Crippen LogP contribution is -2.63. The molecule has 1 aliphatic heterocycles. The third-order valence-electron chi connectivity index (χ3n) is 10.0. The zero-order valence-electron chi connectivity index (χ0n) is 22.5. The summed E-state index contributed by atoms with van der Waals surface area (Å²) in [7, 11) is 0. The number of ether oxygens (including phenoxy) is 2. The molecule has 2 saturated carbocycles. The number of allylic oxidation sites excluding steroid dienone is 2. The van der Waals surface area contributed by atoms with Gasteiger partial charge in [0.1, 0.15) is 17.8 Å².